The lowest BCUT2D eigenvalue weighted by Gasteiger charge is -2.23. The standard InChI is InChI=1S/C13H20N2O2S3/c1-15(11-6-7-18-10-11)20(16,17)9-8-19-13-5-3-2-4-12(13)14/h2-5,11H,6-10,14H2,1H3. The minimum atomic E-state index is -3.17. The second-order valence-corrected chi connectivity index (χ2v) is 9.17. The second-order valence-electron chi connectivity index (χ2n) is 4.74. The highest BCUT2D eigenvalue weighted by atomic mass is 32.2. The molecule has 2 rings (SSSR count). The van der Waals surface area contributed by atoms with Gasteiger partial charge < -0.3 is 5.73 Å². The molecule has 1 saturated heterocycles. The van der Waals surface area contributed by atoms with E-state index in [1.807, 2.05) is 36.0 Å². The van der Waals surface area contributed by atoms with E-state index in [1.54, 1.807) is 11.4 Å². The highest BCUT2D eigenvalue weighted by molar-refractivity contribution is 8.00. The zero-order valence-corrected chi connectivity index (χ0v) is 13.9. The Morgan fingerprint density at radius 2 is 2.20 bits per heavy atom. The van der Waals surface area contributed by atoms with Crippen LogP contribution in [0.4, 0.5) is 5.69 Å². The summed E-state index contributed by atoms with van der Waals surface area (Å²) in [6, 6.07) is 7.70. The first-order chi connectivity index (χ1) is 9.50. The highest BCUT2D eigenvalue weighted by Gasteiger charge is 2.28. The van der Waals surface area contributed by atoms with Gasteiger partial charge in [-0.25, -0.2) is 12.7 Å². The average molecular weight is 333 g/mol. The Balaban J connectivity index is 1.87. The molecular weight excluding hydrogens is 312 g/mol. The zero-order chi connectivity index (χ0) is 14.6. The Labute approximate surface area is 129 Å². The number of sulfonamides is 1. The van der Waals surface area contributed by atoms with Crippen LogP contribution in [0.2, 0.25) is 0 Å². The first-order valence-corrected chi connectivity index (χ1v) is 10.3. The molecule has 0 aromatic heterocycles. The number of hydrogen-bond donors (Lipinski definition) is 1. The summed E-state index contributed by atoms with van der Waals surface area (Å²) in [4.78, 5) is 0.946. The fourth-order valence-electron chi connectivity index (χ4n) is 2.05. The Hall–Kier alpha value is -0.370. The third kappa shape index (κ3) is 4.07. The molecule has 1 atom stereocenters. The van der Waals surface area contributed by atoms with Gasteiger partial charge in [0.25, 0.3) is 0 Å². The zero-order valence-electron chi connectivity index (χ0n) is 11.5. The van der Waals surface area contributed by atoms with Crippen LogP contribution in [0, 0.1) is 0 Å². The van der Waals surface area contributed by atoms with Crippen molar-refractivity contribution in [2.45, 2.75) is 17.4 Å². The molecule has 20 heavy (non-hydrogen) atoms. The quantitative estimate of drug-likeness (QED) is 0.639. The molecule has 4 nitrogen and oxygen atoms in total. The van der Waals surface area contributed by atoms with Crippen molar-refractivity contribution < 1.29 is 8.42 Å². The Morgan fingerprint density at radius 1 is 1.45 bits per heavy atom. The molecular formula is C13H20N2O2S3. The first-order valence-electron chi connectivity index (χ1n) is 6.51. The minimum absolute atomic E-state index is 0.156. The predicted octanol–water partition coefficient (Wildman–Crippen LogP) is 2.13. The molecule has 0 radical (unpaired) electrons. The summed E-state index contributed by atoms with van der Waals surface area (Å²) in [5.41, 5.74) is 6.55. The van der Waals surface area contributed by atoms with Gasteiger partial charge in [0.15, 0.2) is 0 Å². The smallest absolute Gasteiger partial charge is 0.214 e. The number of nitrogens with zero attached hydrogens (tertiary/aromatic N) is 1. The molecule has 0 aliphatic carbocycles. The van der Waals surface area contributed by atoms with Gasteiger partial charge in [0.2, 0.25) is 10.0 Å². The molecule has 1 aromatic rings. The van der Waals surface area contributed by atoms with Crippen molar-refractivity contribution in [1.82, 2.24) is 4.31 Å². The van der Waals surface area contributed by atoms with Crippen molar-refractivity contribution in [2.75, 3.05) is 35.8 Å². The molecule has 0 amide bonds. The van der Waals surface area contributed by atoms with E-state index in [9.17, 15) is 8.42 Å². The molecule has 7 heteroatoms. The van der Waals surface area contributed by atoms with Crippen LogP contribution in [0.15, 0.2) is 29.2 Å². The SMILES string of the molecule is CN(C1CCSC1)S(=O)(=O)CCSc1ccccc1N. The van der Waals surface area contributed by atoms with Gasteiger partial charge in [0, 0.05) is 35.2 Å². The average Bonchev–Trinajstić information content (AvgIpc) is 2.94. The molecule has 1 unspecified atom stereocenters. The summed E-state index contributed by atoms with van der Waals surface area (Å²) in [6.07, 6.45) is 0.958. The fourth-order valence-corrected chi connectivity index (χ4v) is 6.14. The largest absolute Gasteiger partial charge is 0.398 e. The number of nitrogen functional groups attached to an aromatic ring is 1. The molecule has 1 fully saturated rings. The van der Waals surface area contributed by atoms with Crippen molar-refractivity contribution in [1.29, 1.82) is 0 Å². The van der Waals surface area contributed by atoms with E-state index in [4.69, 9.17) is 5.73 Å². The lowest BCUT2D eigenvalue weighted by molar-refractivity contribution is 0.395. The van der Waals surface area contributed by atoms with E-state index in [1.165, 1.54) is 11.8 Å². The van der Waals surface area contributed by atoms with Crippen LogP contribution < -0.4 is 5.73 Å². The van der Waals surface area contributed by atoms with E-state index in [0.29, 0.717) is 11.4 Å². The van der Waals surface area contributed by atoms with E-state index in [0.717, 1.165) is 22.8 Å². The molecule has 0 spiro atoms. The van der Waals surface area contributed by atoms with Crippen LogP contribution in [0.3, 0.4) is 0 Å². The van der Waals surface area contributed by atoms with Gasteiger partial charge in [0.1, 0.15) is 0 Å². The Morgan fingerprint density at radius 3 is 2.85 bits per heavy atom. The van der Waals surface area contributed by atoms with Gasteiger partial charge in [-0.2, -0.15) is 11.8 Å². The third-order valence-electron chi connectivity index (χ3n) is 3.38. The molecule has 0 bridgehead atoms. The highest BCUT2D eigenvalue weighted by Crippen LogP contribution is 2.26. The maximum Gasteiger partial charge on any atom is 0.214 e. The number of rotatable bonds is 6. The number of anilines is 1. The van der Waals surface area contributed by atoms with E-state index in [-0.39, 0.29) is 11.8 Å². The van der Waals surface area contributed by atoms with Crippen LogP contribution in [0.25, 0.3) is 0 Å². The lowest BCUT2D eigenvalue weighted by Crippen LogP contribution is -2.38. The molecule has 1 aliphatic heterocycles. The van der Waals surface area contributed by atoms with Crippen LogP contribution in [0.1, 0.15) is 6.42 Å². The third-order valence-corrected chi connectivity index (χ3v) is 7.77. The van der Waals surface area contributed by atoms with Gasteiger partial charge in [-0.1, -0.05) is 12.1 Å². The van der Waals surface area contributed by atoms with Crippen LogP contribution in [0.5, 0.6) is 0 Å². The summed E-state index contributed by atoms with van der Waals surface area (Å²) in [6.45, 7) is 0. The van der Waals surface area contributed by atoms with E-state index >= 15 is 0 Å². The van der Waals surface area contributed by atoms with Crippen LogP contribution in [-0.2, 0) is 10.0 Å². The maximum absolute atomic E-state index is 12.3. The van der Waals surface area contributed by atoms with Crippen molar-refractivity contribution in [2.24, 2.45) is 0 Å². The van der Waals surface area contributed by atoms with Crippen molar-refractivity contribution >= 4 is 39.2 Å². The molecule has 2 N–H and O–H groups in total. The second kappa shape index (κ2) is 7.06. The number of hydrogen-bond acceptors (Lipinski definition) is 5. The van der Waals surface area contributed by atoms with E-state index < -0.39 is 10.0 Å². The molecule has 1 aromatic carbocycles. The number of benzene rings is 1. The minimum Gasteiger partial charge on any atom is -0.398 e. The van der Waals surface area contributed by atoms with Crippen LogP contribution in [-0.4, -0.2) is 48.8 Å². The summed E-state index contributed by atoms with van der Waals surface area (Å²) in [5.74, 6) is 2.65. The molecule has 1 heterocycles. The molecule has 112 valence electrons. The molecule has 1 aliphatic rings. The van der Waals surface area contributed by atoms with Crippen molar-refractivity contribution in [3.8, 4) is 0 Å². The maximum atomic E-state index is 12.3. The summed E-state index contributed by atoms with van der Waals surface area (Å²) < 4.78 is 26.1. The van der Waals surface area contributed by atoms with Crippen LogP contribution >= 0.6 is 23.5 Å². The van der Waals surface area contributed by atoms with Crippen molar-refractivity contribution in [3.63, 3.8) is 0 Å². The summed E-state index contributed by atoms with van der Waals surface area (Å²) >= 11 is 3.32. The lowest BCUT2D eigenvalue weighted by atomic mass is 10.3. The first kappa shape index (κ1) is 16.0. The Kier molecular flexibility index (Phi) is 5.65. The topological polar surface area (TPSA) is 63.4 Å². The van der Waals surface area contributed by atoms with E-state index in [2.05, 4.69) is 0 Å². The predicted molar refractivity (Wildman–Crippen MR) is 88.9 cm³/mol. The van der Waals surface area contributed by atoms with Gasteiger partial charge >= 0.3 is 0 Å². The fraction of sp³-hybridized carbons (Fsp3) is 0.538. The number of nitrogens with two attached hydrogens (primary N) is 1. The van der Waals surface area contributed by atoms with Gasteiger partial charge in [0.05, 0.1) is 5.75 Å². The van der Waals surface area contributed by atoms with Gasteiger partial charge in [-0.15, -0.1) is 11.8 Å². The number of thioether (sulfide) groups is 2. The van der Waals surface area contributed by atoms with Gasteiger partial charge in [-0.05, 0) is 24.3 Å². The van der Waals surface area contributed by atoms with Gasteiger partial charge in [-0.3, -0.25) is 0 Å². The Bertz CT molecular complexity index is 542. The monoisotopic (exact) mass is 332 g/mol. The molecule has 0 saturated carbocycles. The number of para-hydroxylation sites is 1. The van der Waals surface area contributed by atoms with Crippen molar-refractivity contribution in [3.05, 3.63) is 24.3 Å². The normalized spacial score (nSPS) is 19.6. The summed E-state index contributed by atoms with van der Waals surface area (Å²) in [5, 5.41) is 0. The summed E-state index contributed by atoms with van der Waals surface area (Å²) in [7, 11) is -1.47.